The summed E-state index contributed by atoms with van der Waals surface area (Å²) in [4.78, 5) is 14.2. The summed E-state index contributed by atoms with van der Waals surface area (Å²) in [5, 5.41) is 2.41. The topological polar surface area (TPSA) is 62.7 Å². The first-order chi connectivity index (χ1) is 15.6. The molecule has 6 nitrogen and oxygen atoms in total. The summed E-state index contributed by atoms with van der Waals surface area (Å²) in [6, 6.07) is 15.1. The van der Waals surface area contributed by atoms with Crippen molar-refractivity contribution >= 4 is 50.3 Å². The van der Waals surface area contributed by atoms with Crippen molar-refractivity contribution in [2.45, 2.75) is 13.0 Å². The van der Waals surface area contributed by atoms with Gasteiger partial charge in [-0.3, -0.25) is 4.99 Å². The highest BCUT2D eigenvalue weighted by atomic mass is 15.2. The van der Waals surface area contributed by atoms with Crippen molar-refractivity contribution in [3.05, 3.63) is 54.2 Å². The van der Waals surface area contributed by atoms with Crippen LogP contribution in [-0.2, 0) is 6.54 Å². The number of likely N-dealkylation sites (N-methyl/N-ethyl adjacent to an activating group) is 1. The number of fused-ring (bicyclic) bond motifs is 5. The Labute approximate surface area is 188 Å². The van der Waals surface area contributed by atoms with E-state index in [0.29, 0.717) is 0 Å². The molecule has 3 heterocycles. The molecule has 0 aliphatic carbocycles. The van der Waals surface area contributed by atoms with Gasteiger partial charge in [0, 0.05) is 62.0 Å². The molecule has 0 radical (unpaired) electrons. The number of hydrogen-bond acceptors (Lipinski definition) is 5. The van der Waals surface area contributed by atoms with Crippen LogP contribution in [0.5, 0.6) is 0 Å². The van der Waals surface area contributed by atoms with Gasteiger partial charge in [0.1, 0.15) is 0 Å². The third-order valence-corrected chi connectivity index (χ3v) is 6.38. The molecule has 0 atom stereocenters. The lowest BCUT2D eigenvalue weighted by Gasteiger charge is -2.27. The number of aliphatic imine (C=N–C) groups is 1. The largest absolute Gasteiger partial charge is 0.404 e. The second-order valence-corrected chi connectivity index (χ2v) is 8.71. The number of aryl methyl sites for hydroxylation is 1. The predicted octanol–water partition coefficient (Wildman–Crippen LogP) is 4.11. The molecule has 0 saturated heterocycles. The molecule has 32 heavy (non-hydrogen) atoms. The Balaban J connectivity index is 1.84. The lowest BCUT2D eigenvalue weighted by molar-refractivity contribution is 0.412. The molecule has 0 spiro atoms. The van der Waals surface area contributed by atoms with Crippen LogP contribution in [0.2, 0.25) is 0 Å². The molecule has 1 aliphatic rings. The van der Waals surface area contributed by atoms with E-state index in [1.807, 2.05) is 0 Å². The smallest absolute Gasteiger partial charge is 0.0988 e. The van der Waals surface area contributed by atoms with Crippen LogP contribution in [0.25, 0.3) is 38.4 Å². The number of para-hydroxylation sites is 1. The van der Waals surface area contributed by atoms with Crippen LogP contribution >= 0.6 is 0 Å². The zero-order valence-electron chi connectivity index (χ0n) is 19.0. The number of rotatable bonds is 5. The monoisotopic (exact) mass is 426 g/mol. The average molecular weight is 427 g/mol. The number of hydrogen-bond donors (Lipinski definition) is 1. The van der Waals surface area contributed by atoms with Crippen LogP contribution in [0.4, 0.5) is 5.69 Å². The molecule has 2 aromatic carbocycles. The van der Waals surface area contributed by atoms with Crippen molar-refractivity contribution in [1.29, 1.82) is 0 Å². The van der Waals surface area contributed by atoms with Gasteiger partial charge in [-0.2, -0.15) is 0 Å². The van der Waals surface area contributed by atoms with Crippen molar-refractivity contribution in [2.75, 3.05) is 45.7 Å². The molecule has 2 N–H and O–H groups in total. The van der Waals surface area contributed by atoms with E-state index in [1.165, 1.54) is 27.5 Å². The van der Waals surface area contributed by atoms with Crippen molar-refractivity contribution in [3.63, 3.8) is 0 Å². The van der Waals surface area contributed by atoms with E-state index in [0.717, 1.165) is 54.8 Å². The fourth-order valence-corrected chi connectivity index (χ4v) is 4.87. The van der Waals surface area contributed by atoms with Crippen molar-refractivity contribution in [1.82, 2.24) is 14.5 Å². The number of anilines is 1. The molecule has 0 unspecified atom stereocenters. The number of nitrogens with zero attached hydrogens (tertiary/aromatic N) is 5. The van der Waals surface area contributed by atoms with Crippen molar-refractivity contribution in [2.24, 2.45) is 10.7 Å². The minimum absolute atomic E-state index is 0.897. The van der Waals surface area contributed by atoms with E-state index in [9.17, 15) is 0 Å². The molecule has 2 aromatic heterocycles. The van der Waals surface area contributed by atoms with Crippen LogP contribution in [-0.4, -0.2) is 61.4 Å². The average Bonchev–Trinajstić information content (AvgIpc) is 2.97. The van der Waals surface area contributed by atoms with Crippen LogP contribution in [0, 0.1) is 0 Å². The summed E-state index contributed by atoms with van der Waals surface area (Å²) in [5.41, 5.74) is 13.7. The van der Waals surface area contributed by atoms with E-state index in [1.54, 1.807) is 19.5 Å². The van der Waals surface area contributed by atoms with Gasteiger partial charge in [-0.25, -0.2) is 4.98 Å². The maximum Gasteiger partial charge on any atom is 0.0988 e. The van der Waals surface area contributed by atoms with Crippen LogP contribution in [0.3, 0.4) is 0 Å². The zero-order chi connectivity index (χ0) is 22.2. The van der Waals surface area contributed by atoms with Crippen LogP contribution in [0.15, 0.2) is 53.7 Å². The van der Waals surface area contributed by atoms with E-state index < -0.39 is 0 Å². The molecule has 0 amide bonds. The van der Waals surface area contributed by atoms with Gasteiger partial charge in [0.15, 0.2) is 0 Å². The maximum atomic E-state index is 5.89. The van der Waals surface area contributed by atoms with Gasteiger partial charge in [0.2, 0.25) is 0 Å². The summed E-state index contributed by atoms with van der Waals surface area (Å²) < 4.78 is 2.48. The Bertz CT molecular complexity index is 1360. The van der Waals surface area contributed by atoms with Gasteiger partial charge in [0.05, 0.1) is 27.8 Å². The second kappa shape index (κ2) is 8.28. The molecular weight excluding hydrogens is 396 g/mol. The summed E-state index contributed by atoms with van der Waals surface area (Å²) >= 11 is 0. The summed E-state index contributed by atoms with van der Waals surface area (Å²) in [6.07, 6.45) is 4.52. The Morgan fingerprint density at radius 3 is 2.78 bits per heavy atom. The van der Waals surface area contributed by atoms with Crippen molar-refractivity contribution < 1.29 is 0 Å². The van der Waals surface area contributed by atoms with Gasteiger partial charge in [-0.15, -0.1) is 0 Å². The zero-order valence-corrected chi connectivity index (χ0v) is 19.0. The summed E-state index contributed by atoms with van der Waals surface area (Å²) in [5.74, 6) is 0. The molecule has 4 aromatic rings. The van der Waals surface area contributed by atoms with E-state index in [4.69, 9.17) is 10.7 Å². The number of benzene rings is 2. The quantitative estimate of drug-likeness (QED) is 0.488. The summed E-state index contributed by atoms with van der Waals surface area (Å²) in [7, 11) is 6.03. The molecular formula is C26H30N6. The predicted molar refractivity (Wildman–Crippen MR) is 137 cm³/mol. The minimum Gasteiger partial charge on any atom is -0.404 e. The van der Waals surface area contributed by atoms with Crippen LogP contribution in [0.1, 0.15) is 12.0 Å². The van der Waals surface area contributed by atoms with Gasteiger partial charge >= 0.3 is 0 Å². The SMILES string of the molecule is CN=CC(=CN)c1ccc2c3c4c(nc2c1)c1ccccc1n4CCCN3CCN(C)C. The van der Waals surface area contributed by atoms with Gasteiger partial charge in [-0.1, -0.05) is 30.3 Å². The Morgan fingerprint density at radius 1 is 1.16 bits per heavy atom. The molecule has 164 valence electrons. The fraction of sp³-hybridized carbons (Fsp3) is 0.308. The third kappa shape index (κ3) is 3.31. The van der Waals surface area contributed by atoms with Gasteiger partial charge < -0.3 is 20.1 Å². The first-order valence-corrected chi connectivity index (χ1v) is 11.2. The maximum absolute atomic E-state index is 5.89. The highest BCUT2D eigenvalue weighted by molar-refractivity contribution is 6.17. The molecule has 6 heteroatoms. The number of allylic oxidation sites excluding steroid dienone is 1. The number of aromatic nitrogens is 2. The minimum atomic E-state index is 0.897. The molecule has 0 fully saturated rings. The fourth-order valence-electron chi connectivity index (χ4n) is 4.87. The van der Waals surface area contributed by atoms with E-state index in [-0.39, 0.29) is 0 Å². The number of nitrogens with two attached hydrogens (primary N) is 1. The molecule has 0 bridgehead atoms. The van der Waals surface area contributed by atoms with E-state index in [2.05, 4.69) is 75.9 Å². The lowest BCUT2D eigenvalue weighted by Crippen LogP contribution is -2.32. The Kier molecular flexibility index (Phi) is 5.31. The van der Waals surface area contributed by atoms with Gasteiger partial charge in [-0.05, 0) is 38.2 Å². The Morgan fingerprint density at radius 2 is 2.00 bits per heavy atom. The lowest BCUT2D eigenvalue weighted by atomic mass is 10.0. The van der Waals surface area contributed by atoms with Crippen LogP contribution < -0.4 is 10.6 Å². The molecule has 1 aliphatic heterocycles. The third-order valence-electron chi connectivity index (χ3n) is 6.38. The van der Waals surface area contributed by atoms with E-state index >= 15 is 0 Å². The van der Waals surface area contributed by atoms with Crippen molar-refractivity contribution in [3.8, 4) is 0 Å². The molecule has 5 rings (SSSR count). The normalized spacial score (nSPS) is 15.0. The Hall–Kier alpha value is -3.38. The van der Waals surface area contributed by atoms with Gasteiger partial charge in [0.25, 0.3) is 0 Å². The highest BCUT2D eigenvalue weighted by Crippen LogP contribution is 2.41. The first-order valence-electron chi connectivity index (χ1n) is 11.2. The summed E-state index contributed by atoms with van der Waals surface area (Å²) in [6.45, 7) is 4.04. The molecule has 0 saturated carbocycles. The first kappa shape index (κ1) is 20.5. The second-order valence-electron chi connectivity index (χ2n) is 8.71. The highest BCUT2D eigenvalue weighted by Gasteiger charge is 2.24. The number of pyridine rings is 1. The standard InChI is InChI=1S/C26H30N6/c1-28-17-19(16-27)18-9-10-20-22(15-18)29-24-21-7-4-5-8-23(21)32-12-6-11-31(14-13-30(2)3)25(20)26(24)32/h4-5,7-10,15-17H,6,11-14,27H2,1-3H3.